The predicted octanol–water partition coefficient (Wildman–Crippen LogP) is 2.96. The van der Waals surface area contributed by atoms with Crippen molar-refractivity contribution in [3.8, 4) is 0 Å². The molecule has 9 nitrogen and oxygen atoms in total. The van der Waals surface area contributed by atoms with Gasteiger partial charge in [0.2, 0.25) is 5.91 Å². The first-order valence-corrected chi connectivity index (χ1v) is 8.95. The predicted molar refractivity (Wildman–Crippen MR) is 106 cm³/mol. The van der Waals surface area contributed by atoms with Gasteiger partial charge in [-0.15, -0.1) is 0 Å². The molecule has 1 saturated heterocycles. The van der Waals surface area contributed by atoms with E-state index >= 15 is 0 Å². The van der Waals surface area contributed by atoms with Crippen molar-refractivity contribution in [2.75, 3.05) is 11.9 Å². The standard InChI is InChI=1S/C19H17ClN4O5/c1-11-5-3-4-6-13(11)19(2)17(26)23(18(27)22-19)10-16(25)21-14-8-7-12(20)9-15(14)24(28)29/h3-9H,10H2,1-2H3,(H,21,25)(H,22,27). The Kier molecular flexibility index (Phi) is 5.25. The van der Waals surface area contributed by atoms with Crippen LogP contribution in [0.2, 0.25) is 5.02 Å². The molecule has 4 amide bonds. The van der Waals surface area contributed by atoms with Crippen molar-refractivity contribution in [1.82, 2.24) is 10.2 Å². The number of benzene rings is 2. The summed E-state index contributed by atoms with van der Waals surface area (Å²) in [6, 6.07) is 10.1. The van der Waals surface area contributed by atoms with Gasteiger partial charge < -0.3 is 10.6 Å². The Morgan fingerprint density at radius 3 is 2.62 bits per heavy atom. The van der Waals surface area contributed by atoms with Crippen LogP contribution in [0.4, 0.5) is 16.2 Å². The van der Waals surface area contributed by atoms with Crippen LogP contribution >= 0.6 is 11.6 Å². The minimum Gasteiger partial charge on any atom is -0.319 e. The second-order valence-electron chi connectivity index (χ2n) is 6.73. The van der Waals surface area contributed by atoms with Gasteiger partial charge in [-0.25, -0.2) is 4.79 Å². The van der Waals surface area contributed by atoms with Crippen molar-refractivity contribution in [3.05, 3.63) is 68.7 Å². The first-order valence-electron chi connectivity index (χ1n) is 8.57. The topological polar surface area (TPSA) is 122 Å². The van der Waals surface area contributed by atoms with Gasteiger partial charge in [0.05, 0.1) is 4.92 Å². The third kappa shape index (κ3) is 3.77. The van der Waals surface area contributed by atoms with Crippen LogP contribution in [0, 0.1) is 17.0 Å². The lowest BCUT2D eigenvalue weighted by Crippen LogP contribution is -2.42. The summed E-state index contributed by atoms with van der Waals surface area (Å²) in [5.41, 5.74) is -0.359. The SMILES string of the molecule is Cc1ccccc1C1(C)NC(=O)N(CC(=O)Nc2ccc(Cl)cc2[N+](=O)[O-])C1=O. The fraction of sp³-hybridized carbons (Fsp3) is 0.211. The molecule has 2 aromatic rings. The zero-order chi connectivity index (χ0) is 21.3. The lowest BCUT2D eigenvalue weighted by Gasteiger charge is -2.24. The zero-order valence-electron chi connectivity index (χ0n) is 15.6. The van der Waals surface area contributed by atoms with E-state index in [2.05, 4.69) is 10.6 Å². The van der Waals surface area contributed by atoms with Crippen molar-refractivity contribution >= 4 is 40.8 Å². The molecule has 1 aliphatic rings. The fourth-order valence-corrected chi connectivity index (χ4v) is 3.42. The number of hydrogen-bond donors (Lipinski definition) is 2. The maximum Gasteiger partial charge on any atom is 0.325 e. The molecule has 1 fully saturated rings. The molecule has 2 N–H and O–H groups in total. The molecule has 0 bridgehead atoms. The molecule has 0 radical (unpaired) electrons. The molecule has 1 aliphatic heterocycles. The van der Waals surface area contributed by atoms with Crippen LogP contribution in [0.15, 0.2) is 42.5 Å². The lowest BCUT2D eigenvalue weighted by atomic mass is 9.88. The van der Waals surface area contributed by atoms with Crippen LogP contribution in [-0.4, -0.2) is 34.2 Å². The van der Waals surface area contributed by atoms with Gasteiger partial charge in [0.15, 0.2) is 0 Å². The Labute approximate surface area is 170 Å². The van der Waals surface area contributed by atoms with E-state index in [4.69, 9.17) is 11.6 Å². The summed E-state index contributed by atoms with van der Waals surface area (Å²) in [6.07, 6.45) is 0. The van der Waals surface area contributed by atoms with Crippen molar-refractivity contribution in [2.24, 2.45) is 0 Å². The number of anilines is 1. The number of nitrogens with zero attached hydrogens (tertiary/aromatic N) is 2. The van der Waals surface area contributed by atoms with E-state index in [-0.39, 0.29) is 10.7 Å². The van der Waals surface area contributed by atoms with Gasteiger partial charge in [-0.2, -0.15) is 0 Å². The van der Waals surface area contributed by atoms with Crippen LogP contribution in [0.5, 0.6) is 0 Å². The summed E-state index contributed by atoms with van der Waals surface area (Å²) in [6.45, 7) is 2.79. The maximum atomic E-state index is 12.9. The highest BCUT2D eigenvalue weighted by Crippen LogP contribution is 2.31. The molecule has 0 saturated carbocycles. The fourth-order valence-electron chi connectivity index (χ4n) is 3.25. The Hall–Kier alpha value is -3.46. The van der Waals surface area contributed by atoms with E-state index < -0.39 is 40.5 Å². The molecule has 150 valence electrons. The van der Waals surface area contributed by atoms with Gasteiger partial charge in [-0.05, 0) is 37.1 Å². The average Bonchev–Trinajstić information content (AvgIpc) is 2.87. The molecule has 0 aromatic heterocycles. The number of imide groups is 1. The quantitative estimate of drug-likeness (QED) is 0.441. The van der Waals surface area contributed by atoms with Crippen LogP contribution in [0.1, 0.15) is 18.1 Å². The molecule has 10 heteroatoms. The highest BCUT2D eigenvalue weighted by Gasteiger charge is 2.50. The molecule has 3 rings (SSSR count). The summed E-state index contributed by atoms with van der Waals surface area (Å²) in [7, 11) is 0. The Balaban J connectivity index is 1.80. The normalized spacial score (nSPS) is 18.5. The Morgan fingerprint density at radius 1 is 1.28 bits per heavy atom. The number of halogens is 1. The molecule has 2 aromatic carbocycles. The molecular formula is C19H17ClN4O5. The summed E-state index contributed by atoms with van der Waals surface area (Å²) in [4.78, 5) is 48.9. The third-order valence-corrected chi connectivity index (χ3v) is 4.93. The number of rotatable bonds is 5. The maximum absolute atomic E-state index is 12.9. The first kappa shape index (κ1) is 20.3. The minimum absolute atomic E-state index is 0.0851. The zero-order valence-corrected chi connectivity index (χ0v) is 16.3. The van der Waals surface area contributed by atoms with Gasteiger partial charge in [-0.3, -0.25) is 24.6 Å². The molecule has 1 unspecified atom stereocenters. The number of aryl methyl sites for hydroxylation is 1. The monoisotopic (exact) mass is 416 g/mol. The van der Waals surface area contributed by atoms with E-state index in [1.807, 2.05) is 19.1 Å². The van der Waals surface area contributed by atoms with Crippen molar-refractivity contribution < 1.29 is 19.3 Å². The van der Waals surface area contributed by atoms with Gasteiger partial charge in [0, 0.05) is 11.1 Å². The van der Waals surface area contributed by atoms with Gasteiger partial charge in [0.25, 0.3) is 11.6 Å². The largest absolute Gasteiger partial charge is 0.325 e. The van der Waals surface area contributed by atoms with Crippen LogP contribution in [0.25, 0.3) is 0 Å². The van der Waals surface area contributed by atoms with Crippen LogP contribution in [0.3, 0.4) is 0 Å². The summed E-state index contributed by atoms with van der Waals surface area (Å²) in [5.74, 6) is -1.34. The summed E-state index contributed by atoms with van der Waals surface area (Å²) >= 11 is 5.75. The van der Waals surface area contributed by atoms with Gasteiger partial charge in [-0.1, -0.05) is 35.9 Å². The highest BCUT2D eigenvalue weighted by atomic mass is 35.5. The van der Waals surface area contributed by atoms with Gasteiger partial charge >= 0.3 is 6.03 Å². The number of nitro groups is 1. The summed E-state index contributed by atoms with van der Waals surface area (Å²) in [5, 5.41) is 16.3. The van der Waals surface area contributed by atoms with E-state index in [0.717, 1.165) is 16.5 Å². The van der Waals surface area contributed by atoms with Crippen molar-refractivity contribution in [1.29, 1.82) is 0 Å². The molecule has 0 spiro atoms. The second-order valence-corrected chi connectivity index (χ2v) is 7.16. The minimum atomic E-state index is -1.31. The molecule has 1 heterocycles. The van der Waals surface area contributed by atoms with Crippen molar-refractivity contribution in [3.63, 3.8) is 0 Å². The Bertz CT molecular complexity index is 1040. The van der Waals surface area contributed by atoms with E-state index in [0.29, 0.717) is 5.56 Å². The van der Waals surface area contributed by atoms with Crippen molar-refractivity contribution in [2.45, 2.75) is 19.4 Å². The number of urea groups is 1. The number of amides is 4. The van der Waals surface area contributed by atoms with E-state index in [1.54, 1.807) is 19.1 Å². The number of hydrogen-bond acceptors (Lipinski definition) is 5. The van der Waals surface area contributed by atoms with Crippen LogP contribution < -0.4 is 10.6 Å². The third-order valence-electron chi connectivity index (χ3n) is 4.69. The number of carbonyl (C=O) groups is 3. The number of carbonyl (C=O) groups excluding carboxylic acids is 3. The Morgan fingerprint density at radius 2 is 1.97 bits per heavy atom. The molecule has 1 atom stereocenters. The second kappa shape index (κ2) is 7.51. The van der Waals surface area contributed by atoms with Crippen LogP contribution in [-0.2, 0) is 15.1 Å². The van der Waals surface area contributed by atoms with E-state index in [9.17, 15) is 24.5 Å². The lowest BCUT2D eigenvalue weighted by molar-refractivity contribution is -0.383. The average molecular weight is 417 g/mol. The van der Waals surface area contributed by atoms with Gasteiger partial charge in [0.1, 0.15) is 17.8 Å². The molecular weight excluding hydrogens is 400 g/mol. The first-order chi connectivity index (χ1) is 13.6. The summed E-state index contributed by atoms with van der Waals surface area (Å²) < 4.78 is 0. The molecule has 0 aliphatic carbocycles. The van der Waals surface area contributed by atoms with E-state index in [1.165, 1.54) is 12.1 Å². The molecule has 29 heavy (non-hydrogen) atoms. The number of nitrogens with one attached hydrogen (secondary N) is 2. The smallest absolute Gasteiger partial charge is 0.319 e. The highest BCUT2D eigenvalue weighted by molar-refractivity contribution is 6.31. The number of nitro benzene ring substituents is 1.